The highest BCUT2D eigenvalue weighted by atomic mass is 15.2. The van der Waals surface area contributed by atoms with E-state index in [1.54, 1.807) is 12.7 Å². The van der Waals surface area contributed by atoms with Crippen LogP contribution in [0.4, 0.5) is 0 Å². The van der Waals surface area contributed by atoms with Gasteiger partial charge in [0.15, 0.2) is 5.96 Å². The lowest BCUT2D eigenvalue weighted by molar-refractivity contribution is 0.324. The second kappa shape index (κ2) is 9.43. The predicted molar refractivity (Wildman–Crippen MR) is 89.8 cm³/mol. The van der Waals surface area contributed by atoms with Crippen LogP contribution >= 0.6 is 0 Å². The lowest BCUT2D eigenvalue weighted by Crippen LogP contribution is -2.45. The first-order valence-electron chi connectivity index (χ1n) is 8.65. The summed E-state index contributed by atoms with van der Waals surface area (Å²) >= 11 is 0. The number of hydrogen-bond donors (Lipinski definition) is 2. The summed E-state index contributed by atoms with van der Waals surface area (Å²) < 4.78 is 2.01. The molecule has 1 fully saturated rings. The van der Waals surface area contributed by atoms with Gasteiger partial charge in [-0.2, -0.15) is 0 Å². The molecule has 6 heteroatoms. The topological polar surface area (TPSA) is 67.1 Å². The van der Waals surface area contributed by atoms with E-state index in [0.29, 0.717) is 6.04 Å². The van der Waals surface area contributed by atoms with Crippen molar-refractivity contribution in [2.75, 3.05) is 13.1 Å². The van der Waals surface area contributed by atoms with E-state index in [-0.39, 0.29) is 0 Å². The number of nitrogens with one attached hydrogen (secondary N) is 2. The number of guanidine groups is 1. The van der Waals surface area contributed by atoms with Gasteiger partial charge < -0.3 is 15.2 Å². The minimum absolute atomic E-state index is 0.582. The van der Waals surface area contributed by atoms with Crippen LogP contribution in [0.5, 0.6) is 0 Å². The summed E-state index contributed by atoms with van der Waals surface area (Å²) in [6.45, 7) is 7.21. The molecular weight excluding hydrogens is 276 g/mol. The molecule has 6 nitrogen and oxygen atoms in total. The molecule has 0 spiro atoms. The Morgan fingerprint density at radius 2 is 2.09 bits per heavy atom. The predicted octanol–water partition coefficient (Wildman–Crippen LogP) is 2.19. The summed E-state index contributed by atoms with van der Waals surface area (Å²) in [7, 11) is 0. The summed E-state index contributed by atoms with van der Waals surface area (Å²) in [6, 6.07) is 0.582. The quantitative estimate of drug-likeness (QED) is 0.460. The maximum atomic E-state index is 4.71. The highest BCUT2D eigenvalue weighted by molar-refractivity contribution is 5.80. The van der Waals surface area contributed by atoms with Crippen LogP contribution in [0, 0.1) is 5.92 Å². The molecule has 0 bridgehead atoms. The van der Waals surface area contributed by atoms with Crippen LogP contribution in [-0.2, 0) is 6.54 Å². The largest absolute Gasteiger partial charge is 0.357 e. The number of aromatic nitrogens is 3. The van der Waals surface area contributed by atoms with Crippen LogP contribution in [0.3, 0.4) is 0 Å². The summed E-state index contributed by atoms with van der Waals surface area (Å²) in [4.78, 5) is 4.71. The molecule has 2 N–H and O–H groups in total. The number of hydrogen-bond acceptors (Lipinski definition) is 3. The molecular formula is C16H30N6. The fourth-order valence-corrected chi connectivity index (χ4v) is 3.01. The van der Waals surface area contributed by atoms with Crippen LogP contribution in [0.25, 0.3) is 0 Å². The Morgan fingerprint density at radius 3 is 2.82 bits per heavy atom. The number of aryl methyl sites for hydroxylation is 1. The third-order valence-electron chi connectivity index (χ3n) is 4.18. The van der Waals surface area contributed by atoms with Gasteiger partial charge in [0.05, 0.1) is 0 Å². The van der Waals surface area contributed by atoms with Crippen molar-refractivity contribution in [3.8, 4) is 0 Å². The van der Waals surface area contributed by atoms with Gasteiger partial charge in [0.1, 0.15) is 12.7 Å². The van der Waals surface area contributed by atoms with E-state index in [2.05, 4.69) is 34.7 Å². The van der Waals surface area contributed by atoms with Crippen LogP contribution in [0.1, 0.15) is 52.4 Å². The minimum Gasteiger partial charge on any atom is -0.357 e. The zero-order valence-corrected chi connectivity index (χ0v) is 14.0. The highest BCUT2D eigenvalue weighted by Crippen LogP contribution is 2.23. The van der Waals surface area contributed by atoms with Crippen molar-refractivity contribution in [1.29, 1.82) is 0 Å². The molecule has 1 aliphatic rings. The minimum atomic E-state index is 0.582. The van der Waals surface area contributed by atoms with Gasteiger partial charge in [-0.15, -0.1) is 10.2 Å². The average Bonchev–Trinajstić information content (AvgIpc) is 3.00. The third kappa shape index (κ3) is 6.03. The molecule has 1 aromatic rings. The molecule has 0 aliphatic heterocycles. The van der Waals surface area contributed by atoms with Crippen molar-refractivity contribution in [1.82, 2.24) is 25.4 Å². The van der Waals surface area contributed by atoms with Gasteiger partial charge >= 0.3 is 0 Å². The lowest BCUT2D eigenvalue weighted by atomic mass is 9.87. The first-order chi connectivity index (χ1) is 10.8. The third-order valence-corrected chi connectivity index (χ3v) is 4.18. The average molecular weight is 306 g/mol. The SMILES string of the molecule is CCNC(=NCCCCn1cnnc1)NC1CCCC(C)C1. The Labute approximate surface area is 133 Å². The van der Waals surface area contributed by atoms with Gasteiger partial charge in [0.2, 0.25) is 0 Å². The zero-order chi connectivity index (χ0) is 15.6. The van der Waals surface area contributed by atoms with Gasteiger partial charge in [-0.05, 0) is 38.5 Å². The molecule has 124 valence electrons. The maximum absolute atomic E-state index is 4.71. The van der Waals surface area contributed by atoms with Crippen molar-refractivity contribution in [2.24, 2.45) is 10.9 Å². The normalized spacial score (nSPS) is 22.5. The molecule has 2 unspecified atom stereocenters. The van der Waals surface area contributed by atoms with Crippen molar-refractivity contribution in [3.05, 3.63) is 12.7 Å². The van der Waals surface area contributed by atoms with Gasteiger partial charge in [-0.1, -0.05) is 19.8 Å². The standard InChI is InChI=1S/C16H30N6/c1-3-17-16(21-15-8-6-7-14(2)11-15)18-9-4-5-10-22-12-19-20-13-22/h12-15H,3-11H2,1-2H3,(H2,17,18,21). The fourth-order valence-electron chi connectivity index (χ4n) is 3.01. The second-order valence-corrected chi connectivity index (χ2v) is 6.28. The second-order valence-electron chi connectivity index (χ2n) is 6.28. The lowest BCUT2D eigenvalue weighted by Gasteiger charge is -2.28. The highest BCUT2D eigenvalue weighted by Gasteiger charge is 2.19. The van der Waals surface area contributed by atoms with Crippen molar-refractivity contribution in [2.45, 2.75) is 65.0 Å². The molecule has 0 aromatic carbocycles. The molecule has 1 heterocycles. The number of unbranched alkanes of at least 4 members (excludes halogenated alkanes) is 1. The summed E-state index contributed by atoms with van der Waals surface area (Å²) in [5.74, 6) is 1.81. The fraction of sp³-hybridized carbons (Fsp3) is 0.812. The van der Waals surface area contributed by atoms with Crippen LogP contribution < -0.4 is 10.6 Å². The molecule has 0 saturated heterocycles. The van der Waals surface area contributed by atoms with Gasteiger partial charge in [0, 0.05) is 25.7 Å². The summed E-state index contributed by atoms with van der Waals surface area (Å²) in [5, 5.41) is 14.6. The van der Waals surface area contributed by atoms with Gasteiger partial charge in [0.25, 0.3) is 0 Å². The molecule has 2 atom stereocenters. The number of rotatable bonds is 7. The van der Waals surface area contributed by atoms with E-state index in [9.17, 15) is 0 Å². The molecule has 0 radical (unpaired) electrons. The number of nitrogens with zero attached hydrogens (tertiary/aromatic N) is 4. The Morgan fingerprint density at radius 1 is 1.27 bits per heavy atom. The van der Waals surface area contributed by atoms with Crippen LogP contribution in [0.2, 0.25) is 0 Å². The van der Waals surface area contributed by atoms with E-state index in [0.717, 1.165) is 44.4 Å². The first-order valence-corrected chi connectivity index (χ1v) is 8.65. The molecule has 1 aliphatic carbocycles. The number of aliphatic imine (C=N–C) groups is 1. The first kappa shape index (κ1) is 16.8. The van der Waals surface area contributed by atoms with Gasteiger partial charge in [-0.3, -0.25) is 4.99 Å². The van der Waals surface area contributed by atoms with E-state index in [1.807, 2.05) is 4.57 Å². The van der Waals surface area contributed by atoms with E-state index in [4.69, 9.17) is 4.99 Å². The molecule has 22 heavy (non-hydrogen) atoms. The Bertz CT molecular complexity index is 428. The monoisotopic (exact) mass is 306 g/mol. The summed E-state index contributed by atoms with van der Waals surface area (Å²) in [6.07, 6.45) is 10.9. The Balaban J connectivity index is 1.69. The van der Waals surface area contributed by atoms with Crippen molar-refractivity contribution in [3.63, 3.8) is 0 Å². The van der Waals surface area contributed by atoms with E-state index < -0.39 is 0 Å². The van der Waals surface area contributed by atoms with E-state index in [1.165, 1.54) is 25.7 Å². The van der Waals surface area contributed by atoms with Crippen LogP contribution in [-0.4, -0.2) is 39.9 Å². The van der Waals surface area contributed by atoms with Crippen molar-refractivity contribution >= 4 is 5.96 Å². The molecule has 1 saturated carbocycles. The zero-order valence-electron chi connectivity index (χ0n) is 14.0. The molecule has 1 aromatic heterocycles. The Hall–Kier alpha value is -1.59. The summed E-state index contributed by atoms with van der Waals surface area (Å²) in [5.41, 5.74) is 0. The maximum Gasteiger partial charge on any atom is 0.191 e. The van der Waals surface area contributed by atoms with Crippen LogP contribution in [0.15, 0.2) is 17.6 Å². The van der Waals surface area contributed by atoms with Gasteiger partial charge in [-0.25, -0.2) is 0 Å². The smallest absolute Gasteiger partial charge is 0.191 e. The molecule has 0 amide bonds. The van der Waals surface area contributed by atoms with Crippen molar-refractivity contribution < 1.29 is 0 Å². The molecule has 2 rings (SSSR count). The van der Waals surface area contributed by atoms with E-state index >= 15 is 0 Å². The Kier molecular flexibility index (Phi) is 7.19.